The van der Waals surface area contributed by atoms with Gasteiger partial charge in [-0.3, -0.25) is 0 Å². The average molecular weight is 236 g/mol. The van der Waals surface area contributed by atoms with Gasteiger partial charge in [0.15, 0.2) is 0 Å². The van der Waals surface area contributed by atoms with Gasteiger partial charge in [-0.1, -0.05) is 32.9 Å². The molecule has 5 unspecified atom stereocenters. The molecule has 2 rings (SSSR count). The standard InChI is InChI=1S/C16H28O/c1-11(2)13(4)17-16-10-12(3)9-15(16)14-7-5-6-8-14/h5,7,11-16H,6,8-10H2,1-4H3. The number of allylic oxidation sites excluding steroid dienone is 2. The molecule has 1 saturated carbocycles. The van der Waals surface area contributed by atoms with Crippen molar-refractivity contribution in [2.75, 3.05) is 0 Å². The van der Waals surface area contributed by atoms with Gasteiger partial charge >= 0.3 is 0 Å². The molecule has 0 aromatic carbocycles. The number of ether oxygens (including phenoxy) is 1. The highest BCUT2D eigenvalue weighted by molar-refractivity contribution is 5.02. The Balaban J connectivity index is 1.96. The Bertz CT molecular complexity index is 269. The zero-order chi connectivity index (χ0) is 12.4. The second kappa shape index (κ2) is 5.56. The SMILES string of the molecule is CC1CC(OC(C)C(C)C)C(C2C=CCC2)C1. The first-order chi connectivity index (χ1) is 8.08. The lowest BCUT2D eigenvalue weighted by Gasteiger charge is -2.29. The zero-order valence-electron chi connectivity index (χ0n) is 11.9. The quantitative estimate of drug-likeness (QED) is 0.656. The Morgan fingerprint density at radius 2 is 1.94 bits per heavy atom. The van der Waals surface area contributed by atoms with Crippen LogP contribution in [-0.2, 0) is 4.74 Å². The van der Waals surface area contributed by atoms with Crippen LogP contribution in [0.15, 0.2) is 12.2 Å². The minimum Gasteiger partial charge on any atom is -0.375 e. The molecule has 0 heterocycles. The Morgan fingerprint density at radius 1 is 1.18 bits per heavy atom. The van der Waals surface area contributed by atoms with Crippen LogP contribution in [0, 0.1) is 23.7 Å². The first-order valence-corrected chi connectivity index (χ1v) is 7.40. The van der Waals surface area contributed by atoms with Crippen molar-refractivity contribution in [3.05, 3.63) is 12.2 Å². The molecule has 0 radical (unpaired) electrons. The third-order valence-electron chi connectivity index (χ3n) is 4.71. The molecular formula is C16H28O. The Hall–Kier alpha value is -0.300. The van der Waals surface area contributed by atoms with Crippen molar-refractivity contribution in [1.82, 2.24) is 0 Å². The molecule has 1 heteroatoms. The van der Waals surface area contributed by atoms with Crippen molar-refractivity contribution >= 4 is 0 Å². The Morgan fingerprint density at radius 3 is 2.53 bits per heavy atom. The molecule has 1 nitrogen and oxygen atoms in total. The van der Waals surface area contributed by atoms with Crippen LogP contribution < -0.4 is 0 Å². The lowest BCUT2D eigenvalue weighted by Crippen LogP contribution is -2.29. The van der Waals surface area contributed by atoms with Gasteiger partial charge < -0.3 is 4.74 Å². The maximum atomic E-state index is 6.33. The van der Waals surface area contributed by atoms with Crippen LogP contribution in [0.2, 0.25) is 0 Å². The maximum Gasteiger partial charge on any atom is 0.0615 e. The molecule has 0 N–H and O–H groups in total. The molecule has 0 aromatic rings. The van der Waals surface area contributed by atoms with E-state index < -0.39 is 0 Å². The van der Waals surface area contributed by atoms with Crippen LogP contribution in [0.3, 0.4) is 0 Å². The van der Waals surface area contributed by atoms with Gasteiger partial charge in [-0.15, -0.1) is 0 Å². The fourth-order valence-corrected chi connectivity index (χ4v) is 3.34. The van der Waals surface area contributed by atoms with Gasteiger partial charge in [0.05, 0.1) is 12.2 Å². The van der Waals surface area contributed by atoms with Crippen LogP contribution in [0.5, 0.6) is 0 Å². The molecule has 2 aliphatic rings. The van der Waals surface area contributed by atoms with E-state index in [2.05, 4.69) is 39.8 Å². The fraction of sp³-hybridized carbons (Fsp3) is 0.875. The number of hydrogen-bond donors (Lipinski definition) is 0. The molecular weight excluding hydrogens is 208 g/mol. The topological polar surface area (TPSA) is 9.23 Å². The predicted octanol–water partition coefficient (Wildman–Crippen LogP) is 4.43. The first kappa shape index (κ1) is 13.1. The van der Waals surface area contributed by atoms with Gasteiger partial charge in [0.25, 0.3) is 0 Å². The summed E-state index contributed by atoms with van der Waals surface area (Å²) in [7, 11) is 0. The molecule has 0 bridgehead atoms. The predicted molar refractivity (Wildman–Crippen MR) is 72.9 cm³/mol. The van der Waals surface area contributed by atoms with Crippen molar-refractivity contribution in [1.29, 1.82) is 0 Å². The third kappa shape index (κ3) is 3.13. The summed E-state index contributed by atoms with van der Waals surface area (Å²) in [6.45, 7) is 9.13. The van der Waals surface area contributed by atoms with Gasteiger partial charge in [0, 0.05) is 0 Å². The summed E-state index contributed by atoms with van der Waals surface area (Å²) in [5, 5.41) is 0. The van der Waals surface area contributed by atoms with E-state index in [9.17, 15) is 0 Å². The van der Waals surface area contributed by atoms with Crippen LogP contribution in [0.4, 0.5) is 0 Å². The van der Waals surface area contributed by atoms with E-state index in [0.717, 1.165) is 17.8 Å². The van der Waals surface area contributed by atoms with Crippen molar-refractivity contribution in [3.8, 4) is 0 Å². The van der Waals surface area contributed by atoms with Gasteiger partial charge in [-0.05, 0) is 56.3 Å². The van der Waals surface area contributed by atoms with Crippen molar-refractivity contribution in [2.24, 2.45) is 23.7 Å². The van der Waals surface area contributed by atoms with Crippen molar-refractivity contribution in [3.63, 3.8) is 0 Å². The molecule has 0 spiro atoms. The van der Waals surface area contributed by atoms with E-state index in [4.69, 9.17) is 4.74 Å². The highest BCUT2D eigenvalue weighted by Gasteiger charge is 2.38. The number of rotatable bonds is 4. The lowest BCUT2D eigenvalue weighted by atomic mass is 9.88. The van der Waals surface area contributed by atoms with E-state index in [0.29, 0.717) is 18.1 Å². The van der Waals surface area contributed by atoms with Crippen molar-refractivity contribution in [2.45, 2.75) is 65.6 Å². The second-order valence-electron chi connectivity index (χ2n) is 6.53. The van der Waals surface area contributed by atoms with Gasteiger partial charge in [-0.2, -0.15) is 0 Å². The maximum absolute atomic E-state index is 6.33. The summed E-state index contributed by atoms with van der Waals surface area (Å²) < 4.78 is 6.33. The second-order valence-corrected chi connectivity index (χ2v) is 6.53. The van der Waals surface area contributed by atoms with E-state index in [-0.39, 0.29) is 0 Å². The van der Waals surface area contributed by atoms with Crippen LogP contribution in [0.25, 0.3) is 0 Å². The molecule has 0 aliphatic heterocycles. The molecule has 1 fully saturated rings. The molecule has 17 heavy (non-hydrogen) atoms. The van der Waals surface area contributed by atoms with Crippen molar-refractivity contribution < 1.29 is 4.74 Å². The third-order valence-corrected chi connectivity index (χ3v) is 4.71. The molecule has 0 aromatic heterocycles. The summed E-state index contributed by atoms with van der Waals surface area (Å²) in [6.07, 6.45) is 11.0. The zero-order valence-corrected chi connectivity index (χ0v) is 11.9. The van der Waals surface area contributed by atoms with Gasteiger partial charge in [0.2, 0.25) is 0 Å². The molecule has 98 valence electrons. The largest absolute Gasteiger partial charge is 0.375 e. The summed E-state index contributed by atoms with van der Waals surface area (Å²) in [4.78, 5) is 0. The van der Waals surface area contributed by atoms with Crippen LogP contribution in [0.1, 0.15) is 53.4 Å². The molecule has 0 saturated heterocycles. The van der Waals surface area contributed by atoms with E-state index in [1.807, 2.05) is 0 Å². The summed E-state index contributed by atoms with van der Waals surface area (Å²) in [5.41, 5.74) is 0. The van der Waals surface area contributed by atoms with Gasteiger partial charge in [-0.25, -0.2) is 0 Å². The van der Waals surface area contributed by atoms with Crippen LogP contribution in [-0.4, -0.2) is 12.2 Å². The summed E-state index contributed by atoms with van der Waals surface area (Å²) in [6, 6.07) is 0. The number of hydrogen-bond acceptors (Lipinski definition) is 1. The molecule has 2 aliphatic carbocycles. The van der Waals surface area contributed by atoms with E-state index in [1.54, 1.807) is 0 Å². The Kier molecular flexibility index (Phi) is 4.30. The smallest absolute Gasteiger partial charge is 0.0615 e. The Labute approximate surface area is 107 Å². The fourth-order valence-electron chi connectivity index (χ4n) is 3.34. The average Bonchev–Trinajstić information content (AvgIpc) is 2.86. The van der Waals surface area contributed by atoms with E-state index in [1.165, 1.54) is 25.7 Å². The summed E-state index contributed by atoms with van der Waals surface area (Å²) >= 11 is 0. The highest BCUT2D eigenvalue weighted by Crippen LogP contribution is 2.42. The normalized spacial score (nSPS) is 39.1. The summed E-state index contributed by atoms with van der Waals surface area (Å²) in [5.74, 6) is 3.05. The van der Waals surface area contributed by atoms with E-state index >= 15 is 0 Å². The molecule has 5 atom stereocenters. The minimum absolute atomic E-state index is 0.401. The minimum atomic E-state index is 0.401. The van der Waals surface area contributed by atoms with Gasteiger partial charge in [0.1, 0.15) is 0 Å². The highest BCUT2D eigenvalue weighted by atomic mass is 16.5. The van der Waals surface area contributed by atoms with Crippen LogP contribution >= 0.6 is 0 Å². The lowest BCUT2D eigenvalue weighted by molar-refractivity contribution is -0.0505. The monoisotopic (exact) mass is 236 g/mol. The molecule has 0 amide bonds. The first-order valence-electron chi connectivity index (χ1n) is 7.40.